The maximum absolute atomic E-state index is 15.4. The fourth-order valence-electron chi connectivity index (χ4n) is 4.13. The van der Waals surface area contributed by atoms with Gasteiger partial charge in [0.15, 0.2) is 5.82 Å². The van der Waals surface area contributed by atoms with E-state index in [9.17, 15) is 9.18 Å². The molecule has 180 valence electrons. The molecular weight excluding hydrogens is 430 g/mol. The molecule has 1 aromatic carbocycles. The molecule has 5 N–H and O–H groups in total. The summed E-state index contributed by atoms with van der Waals surface area (Å²) in [6, 6.07) is 2.72. The first kappa shape index (κ1) is 24.7. The van der Waals surface area contributed by atoms with Crippen LogP contribution in [-0.2, 0) is 9.53 Å². The van der Waals surface area contributed by atoms with Gasteiger partial charge in [-0.15, -0.1) is 0 Å². The average Bonchev–Trinajstić information content (AvgIpc) is 3.31. The molecule has 0 aromatic heterocycles. The van der Waals surface area contributed by atoms with Gasteiger partial charge in [-0.3, -0.25) is 15.1 Å². The van der Waals surface area contributed by atoms with Crippen molar-refractivity contribution in [2.75, 3.05) is 45.7 Å². The summed E-state index contributed by atoms with van der Waals surface area (Å²) in [5, 5.41) is 9.84. The fourth-order valence-corrected chi connectivity index (χ4v) is 4.13. The van der Waals surface area contributed by atoms with Crippen LogP contribution in [0, 0.1) is 11.6 Å². The van der Waals surface area contributed by atoms with Crippen LogP contribution in [0.3, 0.4) is 0 Å². The molecule has 10 heteroatoms. The molecule has 1 saturated heterocycles. The number of nitrogens with zero attached hydrogens (tertiary/aromatic N) is 2. The number of ether oxygens (including phenoxy) is 1. The Bertz CT molecular complexity index is 957. The van der Waals surface area contributed by atoms with E-state index in [-0.39, 0.29) is 28.8 Å². The Hall–Kier alpha value is -2.98. The van der Waals surface area contributed by atoms with Crippen molar-refractivity contribution in [1.29, 1.82) is 0 Å². The summed E-state index contributed by atoms with van der Waals surface area (Å²) in [6.45, 7) is 3.84. The molecule has 0 saturated carbocycles. The topological polar surface area (TPSA) is 104 Å². The molecule has 3 rings (SSSR count). The van der Waals surface area contributed by atoms with E-state index in [0.717, 1.165) is 23.9 Å². The molecule has 0 aliphatic carbocycles. The summed E-state index contributed by atoms with van der Waals surface area (Å²) in [4.78, 5) is 17.6. The zero-order chi connectivity index (χ0) is 24.0. The lowest BCUT2D eigenvalue weighted by Gasteiger charge is -2.36. The highest BCUT2D eigenvalue weighted by Crippen LogP contribution is 2.28. The highest BCUT2D eigenvalue weighted by molar-refractivity contribution is 6.10. The predicted octanol–water partition coefficient (Wildman–Crippen LogP) is 1.81. The third-order valence-corrected chi connectivity index (χ3v) is 5.90. The molecule has 2 atom stereocenters. The van der Waals surface area contributed by atoms with Crippen molar-refractivity contribution in [2.45, 2.75) is 32.0 Å². The van der Waals surface area contributed by atoms with Gasteiger partial charge < -0.3 is 26.0 Å². The molecule has 1 aromatic rings. The van der Waals surface area contributed by atoms with Crippen LogP contribution >= 0.6 is 0 Å². The van der Waals surface area contributed by atoms with Gasteiger partial charge in [0.1, 0.15) is 12.0 Å². The Kier molecular flexibility index (Phi) is 8.40. The summed E-state index contributed by atoms with van der Waals surface area (Å²) in [5.74, 6) is -1.54. The predicted molar refractivity (Wildman–Crippen MR) is 126 cm³/mol. The van der Waals surface area contributed by atoms with Crippen LogP contribution in [0.25, 0.3) is 5.57 Å². The second-order valence-electron chi connectivity index (χ2n) is 8.06. The number of benzene rings is 1. The number of amides is 1. The Morgan fingerprint density at radius 3 is 2.79 bits per heavy atom. The number of nitrogens with one attached hydrogen (secondary N) is 3. The molecule has 0 bridgehead atoms. The zero-order valence-corrected chi connectivity index (χ0v) is 19.3. The van der Waals surface area contributed by atoms with E-state index in [4.69, 9.17) is 10.5 Å². The van der Waals surface area contributed by atoms with Gasteiger partial charge in [-0.1, -0.05) is 0 Å². The summed E-state index contributed by atoms with van der Waals surface area (Å²) in [5.41, 5.74) is 7.45. The SMILES string of the molecule is CN=CC(=CN)c1c(F)ccc(NC(NC)C2=C(NC3CCOC3)CCN(C(C)=O)C2)c1F. The maximum atomic E-state index is 15.4. The molecule has 2 heterocycles. The van der Waals surface area contributed by atoms with E-state index < -0.39 is 17.8 Å². The van der Waals surface area contributed by atoms with Gasteiger partial charge >= 0.3 is 0 Å². The third kappa shape index (κ3) is 5.69. The molecule has 33 heavy (non-hydrogen) atoms. The number of hydrogen-bond acceptors (Lipinski definition) is 7. The molecule has 0 spiro atoms. The first-order chi connectivity index (χ1) is 15.9. The van der Waals surface area contributed by atoms with Crippen molar-refractivity contribution in [3.8, 4) is 0 Å². The van der Waals surface area contributed by atoms with E-state index in [1.165, 1.54) is 32.3 Å². The van der Waals surface area contributed by atoms with E-state index in [1.807, 2.05) is 0 Å². The number of carbonyl (C=O) groups excluding carboxylic acids is 1. The normalized spacial score (nSPS) is 20.5. The molecule has 2 aliphatic rings. The van der Waals surface area contributed by atoms with Gasteiger partial charge in [-0.05, 0) is 25.6 Å². The second kappa shape index (κ2) is 11.2. The molecule has 8 nitrogen and oxygen atoms in total. The van der Waals surface area contributed by atoms with Gasteiger partial charge in [-0.2, -0.15) is 0 Å². The quantitative estimate of drug-likeness (QED) is 0.347. The Morgan fingerprint density at radius 1 is 1.39 bits per heavy atom. The van der Waals surface area contributed by atoms with Crippen molar-refractivity contribution >= 4 is 23.4 Å². The highest BCUT2D eigenvalue weighted by Gasteiger charge is 2.29. The van der Waals surface area contributed by atoms with Crippen molar-refractivity contribution < 1.29 is 18.3 Å². The number of nitrogens with two attached hydrogens (primary N) is 1. The van der Waals surface area contributed by atoms with Gasteiger partial charge in [-0.25, -0.2) is 8.78 Å². The lowest BCUT2D eigenvalue weighted by molar-refractivity contribution is -0.128. The fraction of sp³-hybridized carbons (Fsp3) is 0.478. The summed E-state index contributed by atoms with van der Waals surface area (Å²) < 4.78 is 35.3. The Labute approximate surface area is 192 Å². The number of aliphatic imine (C=N–C) groups is 1. The molecule has 1 fully saturated rings. The smallest absolute Gasteiger partial charge is 0.219 e. The van der Waals surface area contributed by atoms with E-state index >= 15 is 4.39 Å². The van der Waals surface area contributed by atoms with Gasteiger partial charge in [0.2, 0.25) is 5.91 Å². The molecule has 2 unspecified atom stereocenters. The zero-order valence-electron chi connectivity index (χ0n) is 19.3. The van der Waals surface area contributed by atoms with Crippen LogP contribution in [0.2, 0.25) is 0 Å². The lowest BCUT2D eigenvalue weighted by atomic mass is 10.0. The minimum Gasteiger partial charge on any atom is -0.404 e. The van der Waals surface area contributed by atoms with Crippen molar-refractivity contribution in [1.82, 2.24) is 15.5 Å². The maximum Gasteiger partial charge on any atom is 0.219 e. The molecular formula is C23H32F2N6O2. The average molecular weight is 463 g/mol. The largest absolute Gasteiger partial charge is 0.404 e. The number of halogens is 2. The van der Waals surface area contributed by atoms with Crippen LogP contribution in [0.4, 0.5) is 14.5 Å². The van der Waals surface area contributed by atoms with Crippen LogP contribution in [0.5, 0.6) is 0 Å². The van der Waals surface area contributed by atoms with Crippen molar-refractivity contribution in [2.24, 2.45) is 10.7 Å². The Balaban J connectivity index is 1.95. The third-order valence-electron chi connectivity index (χ3n) is 5.90. The van der Waals surface area contributed by atoms with E-state index in [1.54, 1.807) is 11.9 Å². The number of likely N-dealkylation sites (N-methyl/N-ethyl adjacent to an activating group) is 1. The monoisotopic (exact) mass is 462 g/mol. The molecule has 1 amide bonds. The number of rotatable bonds is 8. The standard InChI is InChI=1S/C23H32F2N6O2/c1-14(32)31-8-6-19(29-16-7-9-33-13-16)17(12-31)23(28-3)30-20-5-4-18(24)21(22(20)25)15(10-26)11-27-2/h4-5,10-11,16,23,28-30H,6-9,12-13,26H2,1-3H3. The minimum atomic E-state index is -0.773. The van der Waals surface area contributed by atoms with Crippen molar-refractivity contribution in [3.63, 3.8) is 0 Å². The van der Waals surface area contributed by atoms with Gasteiger partial charge in [0, 0.05) is 69.3 Å². The van der Waals surface area contributed by atoms with E-state index in [0.29, 0.717) is 32.7 Å². The van der Waals surface area contributed by atoms with Gasteiger partial charge in [0.25, 0.3) is 0 Å². The second-order valence-corrected chi connectivity index (χ2v) is 8.06. The first-order valence-electron chi connectivity index (χ1n) is 11.0. The summed E-state index contributed by atoms with van der Waals surface area (Å²) in [6.07, 6.45) is 3.47. The number of carbonyl (C=O) groups is 1. The number of allylic oxidation sites excluding steroid dienone is 1. The van der Waals surface area contributed by atoms with Crippen LogP contribution in [-0.4, -0.2) is 69.6 Å². The summed E-state index contributed by atoms with van der Waals surface area (Å²) in [7, 11) is 3.24. The number of hydrogen-bond donors (Lipinski definition) is 4. The number of anilines is 1. The molecule has 2 aliphatic heterocycles. The van der Waals surface area contributed by atoms with Crippen molar-refractivity contribution in [3.05, 3.63) is 46.8 Å². The first-order valence-corrected chi connectivity index (χ1v) is 11.0. The Morgan fingerprint density at radius 2 is 2.18 bits per heavy atom. The van der Waals surface area contributed by atoms with Crippen LogP contribution in [0.15, 0.2) is 34.6 Å². The van der Waals surface area contributed by atoms with Crippen LogP contribution in [0.1, 0.15) is 25.3 Å². The van der Waals surface area contributed by atoms with Gasteiger partial charge in [0.05, 0.1) is 23.9 Å². The van der Waals surface area contributed by atoms with Crippen LogP contribution < -0.4 is 21.7 Å². The lowest BCUT2D eigenvalue weighted by Crippen LogP contribution is -2.47. The highest BCUT2D eigenvalue weighted by atomic mass is 19.1. The summed E-state index contributed by atoms with van der Waals surface area (Å²) >= 11 is 0. The van der Waals surface area contributed by atoms with E-state index in [2.05, 4.69) is 20.9 Å². The minimum absolute atomic E-state index is 0.0302. The molecule has 0 radical (unpaired) electrons.